The Bertz CT molecular complexity index is 1060. The van der Waals surface area contributed by atoms with Crippen LogP contribution in [-0.4, -0.2) is 32.3 Å². The number of anilines is 1. The smallest absolute Gasteiger partial charge is 0.254 e. The van der Waals surface area contributed by atoms with Gasteiger partial charge in [0.25, 0.3) is 5.91 Å². The van der Waals surface area contributed by atoms with E-state index in [1.54, 1.807) is 24.6 Å². The third-order valence-corrected chi connectivity index (χ3v) is 5.20. The Kier molecular flexibility index (Phi) is 6.78. The number of thioether (sulfide) groups is 1. The lowest BCUT2D eigenvalue weighted by Gasteiger charge is -2.14. The van der Waals surface area contributed by atoms with Gasteiger partial charge >= 0.3 is 0 Å². The SMILES string of the molecule is C[C@@H](NC(=O)c1ccccc1F)c1nnc(SCC(=O)Nc2ccc(F)cc2)n1C. The predicted octanol–water partition coefficient (Wildman–Crippen LogP) is 3.32. The van der Waals surface area contributed by atoms with Crippen molar-refractivity contribution in [1.82, 2.24) is 20.1 Å². The van der Waals surface area contributed by atoms with E-state index in [1.807, 2.05) is 0 Å². The molecule has 0 aliphatic rings. The number of carbonyl (C=O) groups excluding carboxylic acids is 2. The summed E-state index contributed by atoms with van der Waals surface area (Å²) in [5.74, 6) is -1.30. The zero-order valence-corrected chi connectivity index (χ0v) is 17.0. The number of nitrogens with zero attached hydrogens (tertiary/aromatic N) is 3. The molecule has 3 aromatic rings. The molecule has 0 saturated heterocycles. The molecule has 0 unspecified atom stereocenters. The van der Waals surface area contributed by atoms with Gasteiger partial charge in [0.15, 0.2) is 11.0 Å². The molecule has 0 spiro atoms. The van der Waals surface area contributed by atoms with E-state index < -0.39 is 17.8 Å². The molecule has 0 aliphatic heterocycles. The molecule has 1 heterocycles. The summed E-state index contributed by atoms with van der Waals surface area (Å²) in [6.07, 6.45) is 0. The molecule has 0 saturated carbocycles. The van der Waals surface area contributed by atoms with Crippen molar-refractivity contribution in [3.63, 3.8) is 0 Å². The molecule has 0 aliphatic carbocycles. The first-order valence-corrected chi connectivity index (χ1v) is 9.96. The number of aromatic nitrogens is 3. The number of amides is 2. The Labute approximate surface area is 175 Å². The molecule has 0 bridgehead atoms. The van der Waals surface area contributed by atoms with Gasteiger partial charge in [-0.15, -0.1) is 10.2 Å². The second-order valence-electron chi connectivity index (χ2n) is 6.42. The first kappa shape index (κ1) is 21.4. The van der Waals surface area contributed by atoms with E-state index in [0.717, 1.165) is 11.8 Å². The van der Waals surface area contributed by atoms with Crippen LogP contribution < -0.4 is 10.6 Å². The van der Waals surface area contributed by atoms with Gasteiger partial charge in [-0.2, -0.15) is 0 Å². The van der Waals surface area contributed by atoms with Gasteiger partial charge in [-0.1, -0.05) is 23.9 Å². The van der Waals surface area contributed by atoms with Crippen LogP contribution in [0.5, 0.6) is 0 Å². The number of benzene rings is 2. The van der Waals surface area contributed by atoms with Crippen LogP contribution in [0.1, 0.15) is 29.1 Å². The Morgan fingerprint density at radius 1 is 1.10 bits per heavy atom. The van der Waals surface area contributed by atoms with Crippen LogP contribution in [0.2, 0.25) is 0 Å². The Morgan fingerprint density at radius 3 is 2.50 bits per heavy atom. The minimum absolute atomic E-state index is 0.0569. The molecule has 30 heavy (non-hydrogen) atoms. The van der Waals surface area contributed by atoms with Crippen molar-refractivity contribution < 1.29 is 18.4 Å². The zero-order chi connectivity index (χ0) is 21.7. The van der Waals surface area contributed by atoms with E-state index in [4.69, 9.17) is 0 Å². The number of rotatable bonds is 7. The summed E-state index contributed by atoms with van der Waals surface area (Å²) in [6.45, 7) is 1.71. The number of halogens is 2. The summed E-state index contributed by atoms with van der Waals surface area (Å²) in [5, 5.41) is 13.9. The Hall–Kier alpha value is -3.27. The van der Waals surface area contributed by atoms with Crippen molar-refractivity contribution in [3.8, 4) is 0 Å². The van der Waals surface area contributed by atoms with Crippen LogP contribution in [0.3, 0.4) is 0 Å². The highest BCUT2D eigenvalue weighted by Crippen LogP contribution is 2.20. The molecule has 156 valence electrons. The summed E-state index contributed by atoms with van der Waals surface area (Å²) in [4.78, 5) is 24.4. The average Bonchev–Trinajstić information content (AvgIpc) is 3.09. The van der Waals surface area contributed by atoms with E-state index in [9.17, 15) is 18.4 Å². The van der Waals surface area contributed by atoms with Gasteiger partial charge in [-0.05, 0) is 43.3 Å². The van der Waals surface area contributed by atoms with Crippen LogP contribution in [0.15, 0.2) is 53.7 Å². The quantitative estimate of drug-likeness (QED) is 0.561. The fourth-order valence-electron chi connectivity index (χ4n) is 2.67. The highest BCUT2D eigenvalue weighted by atomic mass is 32.2. The summed E-state index contributed by atoms with van der Waals surface area (Å²) in [7, 11) is 1.71. The molecular weight excluding hydrogens is 412 g/mol. The fourth-order valence-corrected chi connectivity index (χ4v) is 3.39. The molecular formula is C20H19F2N5O2S. The van der Waals surface area contributed by atoms with E-state index in [-0.39, 0.29) is 23.0 Å². The predicted molar refractivity (Wildman–Crippen MR) is 109 cm³/mol. The third kappa shape index (κ3) is 5.20. The Morgan fingerprint density at radius 2 is 1.80 bits per heavy atom. The fraction of sp³-hybridized carbons (Fsp3) is 0.200. The summed E-state index contributed by atoms with van der Waals surface area (Å²) in [5.41, 5.74) is 0.434. The minimum Gasteiger partial charge on any atom is -0.342 e. The first-order chi connectivity index (χ1) is 14.3. The molecule has 3 rings (SSSR count). The number of nitrogens with one attached hydrogen (secondary N) is 2. The second kappa shape index (κ2) is 9.49. The normalized spacial score (nSPS) is 11.7. The molecule has 2 aromatic carbocycles. The van der Waals surface area contributed by atoms with Crippen LogP contribution in [-0.2, 0) is 11.8 Å². The van der Waals surface area contributed by atoms with Gasteiger partial charge in [0.1, 0.15) is 11.6 Å². The molecule has 2 N–H and O–H groups in total. The van der Waals surface area contributed by atoms with E-state index in [0.29, 0.717) is 16.7 Å². The highest BCUT2D eigenvalue weighted by Gasteiger charge is 2.20. The van der Waals surface area contributed by atoms with Gasteiger partial charge in [0.05, 0.1) is 17.4 Å². The molecule has 1 aromatic heterocycles. The number of carbonyl (C=O) groups is 2. The monoisotopic (exact) mass is 431 g/mol. The molecule has 0 radical (unpaired) electrons. The maximum absolute atomic E-state index is 13.8. The maximum atomic E-state index is 13.8. The van der Waals surface area contributed by atoms with Gasteiger partial charge in [-0.3, -0.25) is 9.59 Å². The van der Waals surface area contributed by atoms with Crippen molar-refractivity contribution in [3.05, 3.63) is 71.6 Å². The summed E-state index contributed by atoms with van der Waals surface area (Å²) >= 11 is 1.16. The number of hydrogen-bond acceptors (Lipinski definition) is 5. The topological polar surface area (TPSA) is 88.9 Å². The zero-order valence-electron chi connectivity index (χ0n) is 16.2. The molecule has 1 atom stereocenters. The summed E-state index contributed by atoms with van der Waals surface area (Å²) < 4.78 is 28.4. The van der Waals surface area contributed by atoms with Crippen LogP contribution in [0, 0.1) is 11.6 Å². The molecule has 2 amide bonds. The lowest BCUT2D eigenvalue weighted by atomic mass is 10.2. The lowest BCUT2D eigenvalue weighted by Crippen LogP contribution is -2.29. The van der Waals surface area contributed by atoms with Crippen molar-refractivity contribution in [1.29, 1.82) is 0 Å². The second-order valence-corrected chi connectivity index (χ2v) is 7.36. The van der Waals surface area contributed by atoms with Gasteiger partial charge in [-0.25, -0.2) is 8.78 Å². The van der Waals surface area contributed by atoms with Crippen molar-refractivity contribution in [2.24, 2.45) is 7.05 Å². The molecule has 0 fully saturated rings. The van der Waals surface area contributed by atoms with Crippen molar-refractivity contribution in [2.45, 2.75) is 18.1 Å². The highest BCUT2D eigenvalue weighted by molar-refractivity contribution is 7.99. The largest absolute Gasteiger partial charge is 0.342 e. The van der Waals surface area contributed by atoms with Crippen LogP contribution >= 0.6 is 11.8 Å². The standard InChI is InChI=1S/C20H19F2N5O2S/c1-12(23-19(29)15-5-3-4-6-16(15)22)18-25-26-20(27(18)2)30-11-17(28)24-14-9-7-13(21)8-10-14/h3-10,12H,11H2,1-2H3,(H,23,29)(H,24,28)/t12-/m1/s1. The van der Waals surface area contributed by atoms with Gasteiger partial charge in [0, 0.05) is 12.7 Å². The minimum atomic E-state index is -0.608. The van der Waals surface area contributed by atoms with Crippen LogP contribution in [0.4, 0.5) is 14.5 Å². The van der Waals surface area contributed by atoms with E-state index >= 15 is 0 Å². The van der Waals surface area contributed by atoms with Gasteiger partial charge in [0.2, 0.25) is 5.91 Å². The first-order valence-electron chi connectivity index (χ1n) is 8.98. The molecule has 7 nitrogen and oxygen atoms in total. The van der Waals surface area contributed by atoms with Crippen molar-refractivity contribution in [2.75, 3.05) is 11.1 Å². The van der Waals surface area contributed by atoms with Crippen LogP contribution in [0.25, 0.3) is 0 Å². The third-order valence-electron chi connectivity index (χ3n) is 4.18. The maximum Gasteiger partial charge on any atom is 0.254 e. The van der Waals surface area contributed by atoms with Crippen molar-refractivity contribution >= 4 is 29.3 Å². The van der Waals surface area contributed by atoms with Gasteiger partial charge < -0.3 is 15.2 Å². The van der Waals surface area contributed by atoms with E-state index in [1.165, 1.54) is 42.5 Å². The number of hydrogen-bond donors (Lipinski definition) is 2. The Balaban J connectivity index is 1.58. The average molecular weight is 431 g/mol. The lowest BCUT2D eigenvalue weighted by molar-refractivity contribution is -0.113. The molecule has 10 heteroatoms. The summed E-state index contributed by atoms with van der Waals surface area (Å²) in [6, 6.07) is 10.6. The van der Waals surface area contributed by atoms with E-state index in [2.05, 4.69) is 20.8 Å².